The van der Waals surface area contributed by atoms with Crippen LogP contribution in [0.4, 0.5) is 10.1 Å². The molecule has 5 heteroatoms. The highest BCUT2D eigenvalue weighted by Crippen LogP contribution is 2.20. The molecule has 1 aromatic heterocycles. The van der Waals surface area contributed by atoms with Gasteiger partial charge in [-0.2, -0.15) is 0 Å². The molecular weight excluding hydrogens is 382 g/mol. The molecule has 0 unspecified atom stereocenters. The second-order valence-electron chi connectivity index (χ2n) is 4.49. The van der Waals surface area contributed by atoms with Crippen molar-refractivity contribution < 1.29 is 9.18 Å². The maximum Gasteiger partial charge on any atom is 0.255 e. The lowest BCUT2D eigenvalue weighted by atomic mass is 10.1. The zero-order valence-corrected chi connectivity index (χ0v) is 13.0. The van der Waals surface area contributed by atoms with Gasteiger partial charge in [0.1, 0.15) is 5.82 Å². The Balaban J connectivity index is 1.89. The SMILES string of the molecule is O=C(Nc1ccc(F)cc1I)c1ccc2ncccc2c1. The van der Waals surface area contributed by atoms with Crippen LogP contribution in [0.5, 0.6) is 0 Å². The highest BCUT2D eigenvalue weighted by atomic mass is 127. The van der Waals surface area contributed by atoms with Crippen LogP contribution in [0.2, 0.25) is 0 Å². The zero-order chi connectivity index (χ0) is 14.8. The predicted octanol–water partition coefficient (Wildman–Crippen LogP) is 4.23. The van der Waals surface area contributed by atoms with Gasteiger partial charge in [0, 0.05) is 20.7 Å². The van der Waals surface area contributed by atoms with E-state index >= 15 is 0 Å². The fourth-order valence-electron chi connectivity index (χ4n) is 2.00. The van der Waals surface area contributed by atoms with Crippen molar-refractivity contribution in [2.45, 2.75) is 0 Å². The first-order valence-electron chi connectivity index (χ1n) is 6.25. The summed E-state index contributed by atoms with van der Waals surface area (Å²) in [6.07, 6.45) is 1.71. The van der Waals surface area contributed by atoms with E-state index in [-0.39, 0.29) is 11.7 Å². The van der Waals surface area contributed by atoms with Gasteiger partial charge in [-0.1, -0.05) is 6.07 Å². The van der Waals surface area contributed by atoms with Gasteiger partial charge in [-0.15, -0.1) is 0 Å². The lowest BCUT2D eigenvalue weighted by molar-refractivity contribution is 0.102. The van der Waals surface area contributed by atoms with E-state index < -0.39 is 0 Å². The van der Waals surface area contributed by atoms with Crippen molar-refractivity contribution in [1.29, 1.82) is 0 Å². The van der Waals surface area contributed by atoms with E-state index in [1.54, 1.807) is 30.5 Å². The largest absolute Gasteiger partial charge is 0.321 e. The molecule has 3 rings (SSSR count). The van der Waals surface area contributed by atoms with E-state index in [1.807, 2.05) is 34.7 Å². The Kier molecular flexibility index (Phi) is 3.83. The van der Waals surface area contributed by atoms with E-state index in [1.165, 1.54) is 12.1 Å². The predicted molar refractivity (Wildman–Crippen MR) is 88.8 cm³/mol. The third-order valence-corrected chi connectivity index (χ3v) is 3.94. The van der Waals surface area contributed by atoms with Gasteiger partial charge in [0.25, 0.3) is 5.91 Å². The first-order chi connectivity index (χ1) is 10.1. The second-order valence-corrected chi connectivity index (χ2v) is 5.65. The van der Waals surface area contributed by atoms with Crippen molar-refractivity contribution in [2.24, 2.45) is 0 Å². The van der Waals surface area contributed by atoms with Crippen LogP contribution in [0.1, 0.15) is 10.4 Å². The third-order valence-electron chi connectivity index (χ3n) is 3.04. The van der Waals surface area contributed by atoms with Gasteiger partial charge in [-0.05, 0) is 65.1 Å². The molecule has 0 spiro atoms. The van der Waals surface area contributed by atoms with Gasteiger partial charge >= 0.3 is 0 Å². The third kappa shape index (κ3) is 3.02. The van der Waals surface area contributed by atoms with Gasteiger partial charge in [-0.25, -0.2) is 4.39 Å². The molecule has 1 amide bonds. The second kappa shape index (κ2) is 5.77. The van der Waals surface area contributed by atoms with Crippen molar-refractivity contribution in [3.8, 4) is 0 Å². The molecule has 0 atom stereocenters. The molecule has 0 aliphatic heterocycles. The topological polar surface area (TPSA) is 42.0 Å². The molecule has 104 valence electrons. The molecule has 21 heavy (non-hydrogen) atoms. The van der Waals surface area contributed by atoms with Gasteiger partial charge in [0.15, 0.2) is 0 Å². The van der Waals surface area contributed by atoms with Crippen LogP contribution in [-0.4, -0.2) is 10.9 Å². The Bertz CT molecular complexity index is 835. The average molecular weight is 392 g/mol. The Morgan fingerprint density at radius 3 is 2.81 bits per heavy atom. The molecule has 0 bridgehead atoms. The number of carbonyl (C=O) groups excluding carboxylic acids is 1. The van der Waals surface area contributed by atoms with Crippen molar-refractivity contribution in [2.75, 3.05) is 5.32 Å². The molecule has 0 radical (unpaired) electrons. The molecule has 1 heterocycles. The van der Waals surface area contributed by atoms with Gasteiger partial charge < -0.3 is 5.32 Å². The Hall–Kier alpha value is -2.02. The molecule has 1 N–H and O–H groups in total. The van der Waals surface area contributed by atoms with Crippen LogP contribution in [-0.2, 0) is 0 Å². The van der Waals surface area contributed by atoms with E-state index in [9.17, 15) is 9.18 Å². The Labute approximate surface area is 134 Å². The minimum Gasteiger partial charge on any atom is -0.321 e. The summed E-state index contributed by atoms with van der Waals surface area (Å²) >= 11 is 1.99. The molecule has 0 fully saturated rings. The quantitative estimate of drug-likeness (QED) is 0.664. The Morgan fingerprint density at radius 2 is 2.00 bits per heavy atom. The summed E-state index contributed by atoms with van der Waals surface area (Å²) in [5.74, 6) is -0.556. The van der Waals surface area contributed by atoms with Crippen molar-refractivity contribution in [3.05, 3.63) is 69.7 Å². The summed E-state index contributed by atoms with van der Waals surface area (Å²) in [5, 5.41) is 3.69. The molecule has 0 saturated heterocycles. The van der Waals surface area contributed by atoms with E-state index in [0.29, 0.717) is 14.8 Å². The number of nitrogens with zero attached hydrogens (tertiary/aromatic N) is 1. The number of halogens is 2. The van der Waals surface area contributed by atoms with Crippen LogP contribution in [0.25, 0.3) is 10.9 Å². The number of benzene rings is 2. The number of pyridine rings is 1. The van der Waals surface area contributed by atoms with Crippen LogP contribution >= 0.6 is 22.6 Å². The number of fused-ring (bicyclic) bond motifs is 1. The lowest BCUT2D eigenvalue weighted by Gasteiger charge is -2.08. The maximum atomic E-state index is 13.1. The van der Waals surface area contributed by atoms with Gasteiger partial charge in [0.05, 0.1) is 11.2 Å². The number of amides is 1. The standard InChI is InChI=1S/C16H10FIN2O/c17-12-4-6-15(13(18)9-12)20-16(21)11-3-5-14-10(8-11)2-1-7-19-14/h1-9H,(H,20,21). The van der Waals surface area contributed by atoms with Crippen molar-refractivity contribution in [3.63, 3.8) is 0 Å². The fraction of sp³-hybridized carbons (Fsp3) is 0. The highest BCUT2D eigenvalue weighted by molar-refractivity contribution is 14.1. The number of hydrogen-bond donors (Lipinski definition) is 1. The molecule has 3 nitrogen and oxygen atoms in total. The van der Waals surface area contributed by atoms with E-state index in [4.69, 9.17) is 0 Å². The first-order valence-corrected chi connectivity index (χ1v) is 7.32. The van der Waals surface area contributed by atoms with Crippen LogP contribution < -0.4 is 5.32 Å². The molecule has 2 aromatic carbocycles. The summed E-state index contributed by atoms with van der Waals surface area (Å²) in [4.78, 5) is 16.5. The monoisotopic (exact) mass is 392 g/mol. The summed E-state index contributed by atoms with van der Waals surface area (Å²) < 4.78 is 13.7. The van der Waals surface area contributed by atoms with Crippen LogP contribution in [0, 0.1) is 9.39 Å². The summed E-state index contributed by atoms with van der Waals surface area (Å²) in [6, 6.07) is 13.3. The van der Waals surface area contributed by atoms with Crippen molar-refractivity contribution >= 4 is 45.1 Å². The zero-order valence-electron chi connectivity index (χ0n) is 10.8. The number of hydrogen-bond acceptors (Lipinski definition) is 2. The smallest absolute Gasteiger partial charge is 0.255 e. The molecule has 0 saturated carbocycles. The van der Waals surface area contributed by atoms with E-state index in [2.05, 4.69) is 10.3 Å². The van der Waals surface area contributed by atoms with Crippen LogP contribution in [0.15, 0.2) is 54.7 Å². The molecular formula is C16H10FIN2O. The van der Waals surface area contributed by atoms with Crippen LogP contribution in [0.3, 0.4) is 0 Å². The maximum absolute atomic E-state index is 13.1. The first kappa shape index (κ1) is 13.9. The number of carbonyl (C=O) groups is 1. The molecule has 0 aliphatic rings. The number of nitrogens with one attached hydrogen (secondary N) is 1. The summed E-state index contributed by atoms with van der Waals surface area (Å²) in [5.41, 5.74) is 1.97. The number of anilines is 1. The normalized spacial score (nSPS) is 10.6. The fourth-order valence-corrected chi connectivity index (χ4v) is 2.61. The molecule has 3 aromatic rings. The minimum atomic E-state index is -0.325. The number of rotatable bonds is 2. The lowest BCUT2D eigenvalue weighted by Crippen LogP contribution is -2.12. The van der Waals surface area contributed by atoms with Crippen molar-refractivity contribution in [1.82, 2.24) is 4.98 Å². The number of aromatic nitrogens is 1. The average Bonchev–Trinajstić information content (AvgIpc) is 2.49. The highest BCUT2D eigenvalue weighted by Gasteiger charge is 2.09. The summed E-state index contributed by atoms with van der Waals surface area (Å²) in [7, 11) is 0. The minimum absolute atomic E-state index is 0.231. The Morgan fingerprint density at radius 1 is 1.14 bits per heavy atom. The summed E-state index contributed by atoms with van der Waals surface area (Å²) in [6.45, 7) is 0. The van der Waals surface area contributed by atoms with E-state index in [0.717, 1.165) is 10.9 Å². The van der Waals surface area contributed by atoms with Gasteiger partial charge in [-0.3, -0.25) is 9.78 Å². The molecule has 0 aliphatic carbocycles. The van der Waals surface area contributed by atoms with Gasteiger partial charge in [0.2, 0.25) is 0 Å².